The van der Waals surface area contributed by atoms with Gasteiger partial charge >= 0.3 is 0 Å². The summed E-state index contributed by atoms with van der Waals surface area (Å²) in [5.41, 5.74) is 2.31. The maximum atomic E-state index is 12.6. The van der Waals surface area contributed by atoms with Crippen LogP contribution in [0, 0.1) is 0 Å². The van der Waals surface area contributed by atoms with Crippen molar-refractivity contribution in [2.45, 2.75) is 32.9 Å². The molecule has 0 aliphatic rings. The molecule has 27 heavy (non-hydrogen) atoms. The molecular formula is C21H25N3O3. The van der Waals surface area contributed by atoms with E-state index in [2.05, 4.69) is 5.32 Å². The van der Waals surface area contributed by atoms with E-state index in [4.69, 9.17) is 14.5 Å². The van der Waals surface area contributed by atoms with Crippen LogP contribution in [0.1, 0.15) is 20.8 Å². The zero-order valence-electron chi connectivity index (χ0n) is 16.4. The lowest BCUT2D eigenvalue weighted by molar-refractivity contribution is -0.123. The zero-order chi connectivity index (χ0) is 19.6. The fourth-order valence-electron chi connectivity index (χ4n) is 3.03. The molecule has 0 atom stereocenters. The molecule has 1 amide bonds. The van der Waals surface area contributed by atoms with E-state index in [1.54, 1.807) is 14.2 Å². The molecule has 2 aromatic carbocycles. The van der Waals surface area contributed by atoms with E-state index in [-0.39, 0.29) is 18.0 Å². The highest BCUT2D eigenvalue weighted by molar-refractivity contribution is 5.85. The molecule has 0 unspecified atom stereocenters. The Morgan fingerprint density at radius 3 is 2.44 bits per heavy atom. The van der Waals surface area contributed by atoms with Crippen LogP contribution in [0.2, 0.25) is 0 Å². The minimum atomic E-state index is -0.295. The molecule has 142 valence electrons. The second-order valence-corrected chi connectivity index (χ2v) is 7.38. The Kier molecular flexibility index (Phi) is 5.08. The Morgan fingerprint density at radius 1 is 1.07 bits per heavy atom. The highest BCUT2D eigenvalue weighted by atomic mass is 16.5. The summed E-state index contributed by atoms with van der Waals surface area (Å²) in [7, 11) is 3.20. The van der Waals surface area contributed by atoms with Crippen molar-refractivity contribution in [2.24, 2.45) is 0 Å². The Balaban J connectivity index is 2.09. The molecule has 0 aliphatic carbocycles. The summed E-state index contributed by atoms with van der Waals surface area (Å²) in [5, 5.41) is 3.01. The van der Waals surface area contributed by atoms with Crippen molar-refractivity contribution >= 4 is 16.9 Å². The average Bonchev–Trinajstić information content (AvgIpc) is 2.98. The molecule has 6 nitrogen and oxygen atoms in total. The van der Waals surface area contributed by atoms with E-state index >= 15 is 0 Å². The lowest BCUT2D eigenvalue weighted by Crippen LogP contribution is -2.42. The predicted molar refractivity (Wildman–Crippen MR) is 106 cm³/mol. The summed E-state index contributed by atoms with van der Waals surface area (Å²) in [6.45, 7) is 6.08. The summed E-state index contributed by atoms with van der Waals surface area (Å²) in [5.74, 6) is 1.91. The first-order chi connectivity index (χ1) is 12.8. The van der Waals surface area contributed by atoms with Crippen LogP contribution in [-0.4, -0.2) is 35.2 Å². The molecule has 0 aliphatic heterocycles. The van der Waals surface area contributed by atoms with Crippen LogP contribution in [0.5, 0.6) is 11.5 Å². The lowest BCUT2D eigenvalue weighted by Gasteiger charge is -2.21. The van der Waals surface area contributed by atoms with Crippen LogP contribution in [0.3, 0.4) is 0 Å². The third-order valence-electron chi connectivity index (χ3n) is 4.11. The largest absolute Gasteiger partial charge is 0.493 e. The van der Waals surface area contributed by atoms with E-state index in [9.17, 15) is 4.79 Å². The number of carbonyl (C=O) groups is 1. The summed E-state index contributed by atoms with van der Waals surface area (Å²) >= 11 is 0. The molecule has 0 saturated heterocycles. The number of ether oxygens (including phenoxy) is 2. The summed E-state index contributed by atoms with van der Waals surface area (Å²) in [6.07, 6.45) is 0. The first-order valence-electron chi connectivity index (χ1n) is 8.81. The third kappa shape index (κ3) is 4.05. The van der Waals surface area contributed by atoms with Crippen LogP contribution in [0.15, 0.2) is 42.5 Å². The SMILES string of the molecule is COc1ccc(-c2nc3ccccc3n2CC(=O)NC(C)(C)C)cc1OC. The molecule has 3 aromatic rings. The van der Waals surface area contributed by atoms with Gasteiger partial charge in [0, 0.05) is 11.1 Å². The number of nitrogens with zero attached hydrogens (tertiary/aromatic N) is 2. The first-order valence-corrected chi connectivity index (χ1v) is 8.81. The Bertz CT molecular complexity index is 970. The Labute approximate surface area is 159 Å². The summed E-state index contributed by atoms with van der Waals surface area (Å²) in [4.78, 5) is 17.3. The number of aromatic nitrogens is 2. The molecule has 1 N–H and O–H groups in total. The molecule has 0 spiro atoms. The first kappa shape index (κ1) is 18.8. The summed E-state index contributed by atoms with van der Waals surface area (Å²) in [6, 6.07) is 13.4. The normalized spacial score (nSPS) is 11.4. The van der Waals surface area contributed by atoms with Gasteiger partial charge in [-0.3, -0.25) is 4.79 Å². The molecule has 0 saturated carbocycles. The fourth-order valence-corrected chi connectivity index (χ4v) is 3.03. The quantitative estimate of drug-likeness (QED) is 0.748. The monoisotopic (exact) mass is 367 g/mol. The van der Waals surface area contributed by atoms with E-state index in [1.165, 1.54) is 0 Å². The lowest BCUT2D eigenvalue weighted by atomic mass is 10.1. The number of benzene rings is 2. The highest BCUT2D eigenvalue weighted by Gasteiger charge is 2.19. The van der Waals surface area contributed by atoms with Crippen molar-refractivity contribution in [3.05, 3.63) is 42.5 Å². The maximum Gasteiger partial charge on any atom is 0.240 e. The van der Waals surface area contributed by atoms with Crippen molar-refractivity contribution in [3.8, 4) is 22.9 Å². The van der Waals surface area contributed by atoms with Crippen LogP contribution in [0.25, 0.3) is 22.4 Å². The van der Waals surface area contributed by atoms with Gasteiger partial charge in [-0.15, -0.1) is 0 Å². The van der Waals surface area contributed by atoms with Gasteiger partial charge in [-0.1, -0.05) is 12.1 Å². The molecule has 1 aromatic heterocycles. The van der Waals surface area contributed by atoms with Crippen LogP contribution >= 0.6 is 0 Å². The zero-order valence-corrected chi connectivity index (χ0v) is 16.4. The molecule has 3 rings (SSSR count). The van der Waals surface area contributed by atoms with Gasteiger partial charge in [0.2, 0.25) is 5.91 Å². The number of para-hydroxylation sites is 2. The Morgan fingerprint density at radius 2 is 1.78 bits per heavy atom. The summed E-state index contributed by atoms with van der Waals surface area (Å²) < 4.78 is 12.7. The number of methoxy groups -OCH3 is 2. The van der Waals surface area contributed by atoms with Crippen molar-refractivity contribution in [1.82, 2.24) is 14.9 Å². The fraction of sp³-hybridized carbons (Fsp3) is 0.333. The minimum absolute atomic E-state index is 0.0626. The van der Waals surface area contributed by atoms with Crippen LogP contribution in [-0.2, 0) is 11.3 Å². The standard InChI is InChI=1S/C21H25N3O3/c1-21(2,3)23-19(25)13-24-16-9-7-6-8-15(16)22-20(24)14-10-11-17(26-4)18(12-14)27-5/h6-12H,13H2,1-5H3,(H,23,25). The van der Waals surface area contributed by atoms with Crippen LogP contribution < -0.4 is 14.8 Å². The van der Waals surface area contributed by atoms with E-state index < -0.39 is 0 Å². The van der Waals surface area contributed by atoms with E-state index in [0.717, 1.165) is 16.6 Å². The van der Waals surface area contributed by atoms with Gasteiger partial charge in [-0.25, -0.2) is 4.98 Å². The van der Waals surface area contributed by atoms with Crippen molar-refractivity contribution in [2.75, 3.05) is 14.2 Å². The highest BCUT2D eigenvalue weighted by Crippen LogP contribution is 2.33. The number of fused-ring (bicyclic) bond motifs is 1. The molecule has 1 heterocycles. The molecule has 0 bridgehead atoms. The van der Waals surface area contributed by atoms with Crippen molar-refractivity contribution < 1.29 is 14.3 Å². The maximum absolute atomic E-state index is 12.6. The van der Waals surface area contributed by atoms with Crippen molar-refractivity contribution in [1.29, 1.82) is 0 Å². The molecule has 0 radical (unpaired) electrons. The number of hydrogen-bond acceptors (Lipinski definition) is 4. The number of imidazole rings is 1. The number of hydrogen-bond donors (Lipinski definition) is 1. The number of nitrogens with one attached hydrogen (secondary N) is 1. The van der Waals surface area contributed by atoms with Gasteiger partial charge in [-0.05, 0) is 51.1 Å². The number of carbonyl (C=O) groups excluding carboxylic acids is 1. The number of rotatable bonds is 5. The van der Waals surface area contributed by atoms with Crippen LogP contribution in [0.4, 0.5) is 0 Å². The smallest absolute Gasteiger partial charge is 0.240 e. The van der Waals surface area contributed by atoms with Gasteiger partial charge in [0.05, 0.1) is 25.3 Å². The van der Waals surface area contributed by atoms with Gasteiger partial charge in [0.1, 0.15) is 12.4 Å². The molecule has 0 fully saturated rings. The predicted octanol–water partition coefficient (Wildman–Crippen LogP) is 3.64. The minimum Gasteiger partial charge on any atom is -0.493 e. The van der Waals surface area contributed by atoms with E-state index in [0.29, 0.717) is 17.3 Å². The van der Waals surface area contributed by atoms with Gasteiger partial charge < -0.3 is 19.4 Å². The molecule has 6 heteroatoms. The van der Waals surface area contributed by atoms with E-state index in [1.807, 2.05) is 67.8 Å². The molecular weight excluding hydrogens is 342 g/mol. The van der Waals surface area contributed by atoms with Gasteiger partial charge in [0.15, 0.2) is 11.5 Å². The topological polar surface area (TPSA) is 65.4 Å². The second-order valence-electron chi connectivity index (χ2n) is 7.38. The van der Waals surface area contributed by atoms with Crippen molar-refractivity contribution in [3.63, 3.8) is 0 Å². The number of amides is 1. The Hall–Kier alpha value is -3.02. The second kappa shape index (κ2) is 7.31. The third-order valence-corrected chi connectivity index (χ3v) is 4.11. The van der Waals surface area contributed by atoms with Gasteiger partial charge in [0.25, 0.3) is 0 Å². The average molecular weight is 367 g/mol. The van der Waals surface area contributed by atoms with Gasteiger partial charge in [-0.2, -0.15) is 0 Å².